The predicted octanol–water partition coefficient (Wildman–Crippen LogP) is 2.83. The Labute approximate surface area is 170 Å². The van der Waals surface area contributed by atoms with Gasteiger partial charge < -0.3 is 10.6 Å². The highest BCUT2D eigenvalue weighted by atomic mass is 32.2. The molecule has 1 aromatic carbocycles. The van der Waals surface area contributed by atoms with Crippen LogP contribution in [0.3, 0.4) is 0 Å². The third kappa shape index (κ3) is 4.62. The van der Waals surface area contributed by atoms with Crippen molar-refractivity contribution < 1.29 is 13.2 Å². The molecule has 0 aliphatic heterocycles. The van der Waals surface area contributed by atoms with Gasteiger partial charge in [0.05, 0.1) is 17.1 Å². The molecule has 1 heterocycles. The van der Waals surface area contributed by atoms with E-state index in [0.717, 1.165) is 18.0 Å². The Morgan fingerprint density at radius 3 is 2.62 bits per heavy atom. The predicted molar refractivity (Wildman–Crippen MR) is 110 cm³/mol. The lowest BCUT2D eigenvalue weighted by Gasteiger charge is -2.28. The number of sulfonamides is 1. The molecule has 156 valence electrons. The molecule has 4 N–H and O–H groups in total. The first-order valence-electron chi connectivity index (χ1n) is 10.1. The highest BCUT2D eigenvalue weighted by Gasteiger charge is 2.42. The summed E-state index contributed by atoms with van der Waals surface area (Å²) in [5.74, 6) is 1.87. The topological polar surface area (TPSA) is 116 Å². The fourth-order valence-electron chi connectivity index (χ4n) is 4.76. The van der Waals surface area contributed by atoms with Gasteiger partial charge in [-0.2, -0.15) is 5.10 Å². The first kappa shape index (κ1) is 19.9. The summed E-state index contributed by atoms with van der Waals surface area (Å²) in [5.41, 5.74) is 1.31. The molecule has 0 radical (unpaired) electrons. The average molecular weight is 418 g/mol. The number of benzene rings is 1. The minimum absolute atomic E-state index is 0.0682. The van der Waals surface area contributed by atoms with Crippen LogP contribution in [0.4, 0.5) is 10.5 Å². The largest absolute Gasteiger partial charge is 0.332 e. The summed E-state index contributed by atoms with van der Waals surface area (Å²) in [6.07, 6.45) is 6.51. The van der Waals surface area contributed by atoms with Crippen molar-refractivity contribution in [2.24, 2.45) is 17.8 Å². The van der Waals surface area contributed by atoms with Gasteiger partial charge in [0.25, 0.3) is 0 Å². The zero-order valence-electron chi connectivity index (χ0n) is 16.4. The Morgan fingerprint density at radius 1 is 1.21 bits per heavy atom. The number of nitrogens with zero attached hydrogens (tertiary/aromatic N) is 1. The van der Waals surface area contributed by atoms with Gasteiger partial charge in [0, 0.05) is 17.9 Å². The molecule has 2 aliphatic rings. The molecule has 2 fully saturated rings. The van der Waals surface area contributed by atoms with Crippen LogP contribution in [-0.2, 0) is 16.6 Å². The van der Waals surface area contributed by atoms with Crippen molar-refractivity contribution in [2.75, 3.05) is 5.32 Å². The van der Waals surface area contributed by atoms with Crippen LogP contribution in [0.5, 0.6) is 0 Å². The second-order valence-corrected chi connectivity index (χ2v) is 9.88. The van der Waals surface area contributed by atoms with Crippen LogP contribution < -0.4 is 15.4 Å². The van der Waals surface area contributed by atoms with Crippen LogP contribution >= 0.6 is 0 Å². The maximum Gasteiger partial charge on any atom is 0.319 e. The van der Waals surface area contributed by atoms with E-state index in [9.17, 15) is 13.2 Å². The second kappa shape index (κ2) is 8.16. The standard InChI is InChI=1S/C20H27N5O3S/c1-13(19-11-14-2-3-15(19)10-14)25-29(27,28)18-6-4-16(5-7-18)23-20(26)21-12-17-8-9-22-24-17/h4-9,13-15,19,25H,2-3,10-12H2,1H3,(H,22,24)(H2,21,23,26)/t13-,14-,15-,19+/m0/s1. The number of amides is 2. The van der Waals surface area contributed by atoms with Gasteiger partial charge >= 0.3 is 6.03 Å². The molecular formula is C20H27N5O3S. The van der Waals surface area contributed by atoms with E-state index in [1.165, 1.54) is 31.4 Å². The van der Waals surface area contributed by atoms with Crippen LogP contribution in [-0.4, -0.2) is 30.7 Å². The van der Waals surface area contributed by atoms with Gasteiger partial charge in [0.2, 0.25) is 10.0 Å². The molecule has 2 aromatic rings. The number of aromatic amines is 1. The maximum atomic E-state index is 12.8. The first-order chi connectivity index (χ1) is 13.9. The summed E-state index contributed by atoms with van der Waals surface area (Å²) < 4.78 is 28.4. The van der Waals surface area contributed by atoms with Crippen molar-refractivity contribution >= 4 is 21.7 Å². The van der Waals surface area contributed by atoms with Crippen LogP contribution in [0.1, 0.15) is 38.3 Å². The highest BCUT2D eigenvalue weighted by Crippen LogP contribution is 2.49. The number of hydrogen-bond acceptors (Lipinski definition) is 4. The van der Waals surface area contributed by atoms with E-state index in [0.29, 0.717) is 24.1 Å². The van der Waals surface area contributed by atoms with Gasteiger partial charge in [-0.25, -0.2) is 17.9 Å². The summed E-state index contributed by atoms with van der Waals surface area (Å²) in [4.78, 5) is 12.2. The molecule has 29 heavy (non-hydrogen) atoms. The number of H-pyrrole nitrogens is 1. The van der Waals surface area contributed by atoms with Crippen LogP contribution in [0.25, 0.3) is 0 Å². The lowest BCUT2D eigenvalue weighted by Crippen LogP contribution is -2.40. The molecule has 8 nitrogen and oxygen atoms in total. The number of urea groups is 1. The zero-order valence-corrected chi connectivity index (χ0v) is 17.2. The van der Waals surface area contributed by atoms with Crippen LogP contribution in [0.2, 0.25) is 0 Å². The van der Waals surface area contributed by atoms with Gasteiger partial charge in [-0.05, 0) is 74.3 Å². The fraction of sp³-hybridized carbons (Fsp3) is 0.500. The molecular weight excluding hydrogens is 390 g/mol. The Balaban J connectivity index is 1.32. The molecule has 2 aliphatic carbocycles. The quantitative estimate of drug-likeness (QED) is 0.554. The van der Waals surface area contributed by atoms with E-state index in [4.69, 9.17) is 0 Å². The minimum Gasteiger partial charge on any atom is -0.332 e. The summed E-state index contributed by atoms with van der Waals surface area (Å²) in [6.45, 7) is 2.30. The number of aromatic nitrogens is 2. The number of fused-ring (bicyclic) bond motifs is 2. The number of carbonyl (C=O) groups is 1. The molecule has 4 rings (SSSR count). The van der Waals surface area contributed by atoms with Gasteiger partial charge in [-0.3, -0.25) is 5.10 Å². The van der Waals surface area contributed by atoms with Crippen molar-refractivity contribution in [3.63, 3.8) is 0 Å². The van der Waals surface area contributed by atoms with Crippen molar-refractivity contribution in [3.05, 3.63) is 42.2 Å². The molecule has 0 spiro atoms. The SMILES string of the molecule is C[C@H](NS(=O)(=O)c1ccc(NC(=O)NCc2ccn[nH]2)cc1)[C@H]1C[C@H]2CC[C@H]1C2. The van der Waals surface area contributed by atoms with Gasteiger partial charge in [0.15, 0.2) is 0 Å². The van der Waals surface area contributed by atoms with E-state index >= 15 is 0 Å². The smallest absolute Gasteiger partial charge is 0.319 e. The average Bonchev–Trinajstić information content (AvgIpc) is 3.44. The van der Waals surface area contributed by atoms with Gasteiger partial charge in [-0.1, -0.05) is 6.42 Å². The van der Waals surface area contributed by atoms with E-state index in [1.54, 1.807) is 24.4 Å². The number of rotatable bonds is 7. The molecule has 0 saturated heterocycles. The van der Waals surface area contributed by atoms with E-state index in [1.807, 2.05) is 6.92 Å². The maximum absolute atomic E-state index is 12.8. The summed E-state index contributed by atoms with van der Waals surface area (Å²) in [6, 6.07) is 7.53. The molecule has 1 aromatic heterocycles. The number of carbonyl (C=O) groups excluding carboxylic acids is 1. The van der Waals surface area contributed by atoms with E-state index < -0.39 is 10.0 Å². The van der Waals surface area contributed by atoms with Gasteiger partial charge in [-0.15, -0.1) is 0 Å². The van der Waals surface area contributed by atoms with Crippen LogP contribution in [0.15, 0.2) is 41.4 Å². The fourth-order valence-corrected chi connectivity index (χ4v) is 6.05. The van der Waals surface area contributed by atoms with Crippen molar-refractivity contribution in [3.8, 4) is 0 Å². The molecule has 2 bridgehead atoms. The normalized spacial score (nSPS) is 24.4. The third-order valence-electron chi connectivity index (χ3n) is 6.20. The molecule has 4 atom stereocenters. The summed E-state index contributed by atoms with van der Waals surface area (Å²) in [5, 5.41) is 12.0. The molecule has 9 heteroatoms. The monoisotopic (exact) mass is 417 g/mol. The van der Waals surface area contributed by atoms with Crippen molar-refractivity contribution in [1.29, 1.82) is 0 Å². The first-order valence-corrected chi connectivity index (χ1v) is 11.5. The summed E-state index contributed by atoms with van der Waals surface area (Å²) in [7, 11) is -3.59. The van der Waals surface area contributed by atoms with Crippen LogP contribution in [0, 0.1) is 17.8 Å². The Morgan fingerprint density at radius 2 is 2.00 bits per heavy atom. The molecule has 2 amide bonds. The Hall–Kier alpha value is -2.39. The second-order valence-electron chi connectivity index (χ2n) is 8.16. The van der Waals surface area contributed by atoms with E-state index in [2.05, 4.69) is 25.6 Å². The third-order valence-corrected chi connectivity index (χ3v) is 7.77. The number of nitrogens with one attached hydrogen (secondary N) is 4. The van der Waals surface area contributed by atoms with Crippen molar-refractivity contribution in [1.82, 2.24) is 20.2 Å². The van der Waals surface area contributed by atoms with Crippen molar-refractivity contribution in [2.45, 2.75) is 50.1 Å². The number of anilines is 1. The van der Waals surface area contributed by atoms with Gasteiger partial charge in [0.1, 0.15) is 0 Å². The highest BCUT2D eigenvalue weighted by molar-refractivity contribution is 7.89. The van der Waals surface area contributed by atoms with E-state index in [-0.39, 0.29) is 17.0 Å². The number of hydrogen-bond donors (Lipinski definition) is 4. The molecule has 0 unspecified atom stereocenters. The lowest BCUT2D eigenvalue weighted by atomic mass is 9.84. The Kier molecular flexibility index (Phi) is 5.60. The minimum atomic E-state index is -3.59. The molecule has 2 saturated carbocycles. The Bertz CT molecular complexity index is 943. The zero-order chi connectivity index (χ0) is 20.4. The summed E-state index contributed by atoms with van der Waals surface area (Å²) >= 11 is 0. The lowest BCUT2D eigenvalue weighted by molar-refractivity contribution is 0.251.